The molecule has 0 saturated heterocycles. The molecular formula is C17H23Cl3SiTi. The van der Waals surface area contributed by atoms with Crippen LogP contribution in [0.15, 0.2) is 46.7 Å². The van der Waals surface area contributed by atoms with Gasteiger partial charge in [-0.25, -0.2) is 16.8 Å². The van der Waals surface area contributed by atoms with Gasteiger partial charge in [-0.05, 0) is 9.52 Å². The van der Waals surface area contributed by atoms with Crippen LogP contribution in [0.2, 0.25) is 0 Å². The third-order valence-electron chi connectivity index (χ3n) is 3.51. The van der Waals surface area contributed by atoms with E-state index < -0.39 is 0 Å². The summed E-state index contributed by atoms with van der Waals surface area (Å²) in [5, 5.41) is 3.28. The molecule has 1 aliphatic rings. The maximum Gasteiger partial charge on any atom is 4.00 e. The second kappa shape index (κ2) is 13.9. The molecule has 1 aromatic rings. The van der Waals surface area contributed by atoms with E-state index in [-0.39, 0.29) is 68.5 Å². The summed E-state index contributed by atoms with van der Waals surface area (Å²) in [6.45, 7) is 6.86. The zero-order valence-electron chi connectivity index (χ0n) is 13.4. The van der Waals surface area contributed by atoms with Gasteiger partial charge in [0.2, 0.25) is 0 Å². The molecule has 0 aliphatic heterocycles. The van der Waals surface area contributed by atoms with Crippen molar-refractivity contribution in [3.63, 3.8) is 0 Å². The first-order chi connectivity index (χ1) is 8.70. The number of benzene rings is 1. The van der Waals surface area contributed by atoms with Crippen molar-refractivity contribution in [3.05, 3.63) is 52.8 Å². The Labute approximate surface area is 171 Å². The Morgan fingerprint density at radius 1 is 1.09 bits per heavy atom. The SMILES string of the molecule is CCCC1=[C-]C(C(C)C)=C([SiH2]c2ccccc2)C1.[Cl-].[Cl-].[Cl-].[Ti+4]. The molecule has 22 heavy (non-hydrogen) atoms. The molecule has 0 amide bonds. The van der Waals surface area contributed by atoms with Gasteiger partial charge >= 0.3 is 21.7 Å². The maximum atomic E-state index is 3.69. The van der Waals surface area contributed by atoms with Crippen LogP contribution in [0.5, 0.6) is 0 Å². The fourth-order valence-electron chi connectivity index (χ4n) is 2.68. The number of allylic oxidation sites excluding steroid dienone is 4. The van der Waals surface area contributed by atoms with E-state index in [1.807, 2.05) is 0 Å². The maximum absolute atomic E-state index is 3.69. The van der Waals surface area contributed by atoms with E-state index in [2.05, 4.69) is 57.2 Å². The van der Waals surface area contributed by atoms with E-state index in [9.17, 15) is 0 Å². The van der Waals surface area contributed by atoms with Gasteiger partial charge in [0.1, 0.15) is 0 Å². The first kappa shape index (κ1) is 27.4. The molecule has 0 unspecified atom stereocenters. The Balaban J connectivity index is -0.000000902. The van der Waals surface area contributed by atoms with Gasteiger partial charge in [0.05, 0.1) is 0 Å². The molecule has 0 spiro atoms. The van der Waals surface area contributed by atoms with Crippen molar-refractivity contribution in [2.24, 2.45) is 5.92 Å². The fourth-order valence-corrected chi connectivity index (χ4v) is 4.80. The molecule has 1 aliphatic carbocycles. The first-order valence-electron chi connectivity index (χ1n) is 7.08. The molecule has 0 aromatic heterocycles. The third-order valence-corrected chi connectivity index (χ3v) is 5.45. The summed E-state index contributed by atoms with van der Waals surface area (Å²) >= 11 is 0. The van der Waals surface area contributed by atoms with Crippen LogP contribution in [0, 0.1) is 12.0 Å². The van der Waals surface area contributed by atoms with Crippen molar-refractivity contribution in [1.29, 1.82) is 0 Å². The number of hydrogen-bond acceptors (Lipinski definition) is 0. The van der Waals surface area contributed by atoms with Crippen LogP contribution in [0.3, 0.4) is 0 Å². The molecule has 0 saturated carbocycles. The summed E-state index contributed by atoms with van der Waals surface area (Å²) in [6, 6.07) is 11.0. The standard InChI is InChI=1S/C17H23Si.3ClH.Ti/c1-4-8-14-11-16(13(2)3)17(12-14)18-15-9-6-5-7-10-15;;;;/h5-7,9-10,13H,4,8,12,18H2,1-3H3;3*1H;/q-1;;;;+4/p-3. The van der Waals surface area contributed by atoms with E-state index in [1.165, 1.54) is 24.8 Å². The average Bonchev–Trinajstić information content (AvgIpc) is 2.74. The molecule has 0 N–H and O–H groups in total. The Kier molecular flexibility index (Phi) is 17.3. The van der Waals surface area contributed by atoms with Crippen LogP contribution in [0.25, 0.3) is 0 Å². The topological polar surface area (TPSA) is 0 Å². The molecule has 1 aromatic carbocycles. The summed E-state index contributed by atoms with van der Waals surface area (Å²) in [4.78, 5) is 0. The summed E-state index contributed by atoms with van der Waals surface area (Å²) in [5.74, 6) is 0.630. The van der Waals surface area contributed by atoms with Crippen LogP contribution in [0.4, 0.5) is 0 Å². The summed E-state index contributed by atoms with van der Waals surface area (Å²) in [7, 11) is -0.278. The molecular weight excluding hydrogens is 386 g/mol. The van der Waals surface area contributed by atoms with E-state index in [0.717, 1.165) is 0 Å². The van der Waals surface area contributed by atoms with Crippen LogP contribution in [-0.2, 0) is 21.7 Å². The molecule has 120 valence electrons. The average molecular weight is 410 g/mol. The van der Waals surface area contributed by atoms with Gasteiger partial charge in [-0.15, -0.1) is 0 Å². The van der Waals surface area contributed by atoms with Crippen molar-refractivity contribution in [1.82, 2.24) is 0 Å². The number of halogens is 3. The second-order valence-corrected chi connectivity index (χ2v) is 7.51. The van der Waals surface area contributed by atoms with Crippen molar-refractivity contribution >= 4 is 14.7 Å². The van der Waals surface area contributed by atoms with Crippen LogP contribution >= 0.6 is 0 Å². The summed E-state index contributed by atoms with van der Waals surface area (Å²) in [5.41, 5.74) is 3.06. The number of hydrogen-bond donors (Lipinski definition) is 0. The Morgan fingerprint density at radius 3 is 2.18 bits per heavy atom. The zero-order valence-corrected chi connectivity index (χ0v) is 18.7. The fraction of sp³-hybridized carbons (Fsp3) is 0.412. The normalized spacial score (nSPS) is 13.2. The molecule has 0 bridgehead atoms. The Morgan fingerprint density at radius 2 is 1.68 bits per heavy atom. The molecule has 0 nitrogen and oxygen atoms in total. The van der Waals surface area contributed by atoms with Crippen molar-refractivity contribution in [2.75, 3.05) is 0 Å². The van der Waals surface area contributed by atoms with Gasteiger partial charge in [-0.1, -0.05) is 81.5 Å². The molecule has 0 fully saturated rings. The van der Waals surface area contributed by atoms with Crippen molar-refractivity contribution < 1.29 is 58.9 Å². The summed E-state index contributed by atoms with van der Waals surface area (Å²) < 4.78 is 0. The van der Waals surface area contributed by atoms with Crippen molar-refractivity contribution in [3.8, 4) is 0 Å². The van der Waals surface area contributed by atoms with E-state index in [1.54, 1.807) is 16.0 Å². The second-order valence-electron chi connectivity index (χ2n) is 5.49. The molecule has 0 atom stereocenters. The minimum Gasteiger partial charge on any atom is -1.00 e. The first-order valence-corrected chi connectivity index (χ1v) is 8.49. The van der Waals surface area contributed by atoms with Gasteiger partial charge in [0.15, 0.2) is 0 Å². The van der Waals surface area contributed by atoms with Crippen LogP contribution in [0.1, 0.15) is 40.0 Å². The van der Waals surface area contributed by atoms with E-state index in [0.29, 0.717) is 5.92 Å². The quantitative estimate of drug-likeness (QED) is 0.336. The van der Waals surface area contributed by atoms with E-state index >= 15 is 0 Å². The van der Waals surface area contributed by atoms with Crippen molar-refractivity contribution in [2.45, 2.75) is 40.0 Å². The zero-order chi connectivity index (χ0) is 13.0. The van der Waals surface area contributed by atoms with Gasteiger partial charge in [0, 0.05) is 0 Å². The molecule has 0 heterocycles. The van der Waals surface area contributed by atoms with Gasteiger partial charge < -0.3 is 37.2 Å². The number of rotatable bonds is 5. The van der Waals surface area contributed by atoms with Gasteiger partial charge in [0.25, 0.3) is 0 Å². The monoisotopic (exact) mass is 408 g/mol. The predicted octanol–water partition coefficient (Wildman–Crippen LogP) is -5.67. The largest absolute Gasteiger partial charge is 4.00 e. The Bertz CT molecular complexity index is 470. The summed E-state index contributed by atoms with van der Waals surface area (Å²) in [6.07, 6.45) is 7.37. The predicted molar refractivity (Wildman–Crippen MR) is 82.8 cm³/mol. The smallest absolute Gasteiger partial charge is 1.00 e. The van der Waals surface area contributed by atoms with Gasteiger partial charge in [-0.2, -0.15) is 5.57 Å². The minimum absolute atomic E-state index is 0. The molecule has 5 heteroatoms. The minimum atomic E-state index is -0.278. The molecule has 0 radical (unpaired) electrons. The van der Waals surface area contributed by atoms with Crippen LogP contribution in [-0.4, -0.2) is 9.52 Å². The van der Waals surface area contributed by atoms with Gasteiger partial charge in [-0.3, -0.25) is 0 Å². The molecule has 2 rings (SSSR count). The van der Waals surface area contributed by atoms with E-state index in [4.69, 9.17) is 0 Å². The van der Waals surface area contributed by atoms with Crippen LogP contribution < -0.4 is 42.4 Å². The Hall–Kier alpha value is 0.501. The third kappa shape index (κ3) is 7.86.